The van der Waals surface area contributed by atoms with Gasteiger partial charge in [-0.3, -0.25) is 9.78 Å². The molecule has 3 heterocycles. The van der Waals surface area contributed by atoms with Gasteiger partial charge in [-0.2, -0.15) is 13.2 Å². The highest BCUT2D eigenvalue weighted by atomic mass is 19.4. The first-order valence-corrected chi connectivity index (χ1v) is 7.29. The first-order chi connectivity index (χ1) is 11.4. The van der Waals surface area contributed by atoms with E-state index in [4.69, 9.17) is 0 Å². The maximum atomic E-state index is 12.5. The summed E-state index contributed by atoms with van der Waals surface area (Å²) < 4.78 is 37.5. The molecule has 0 aliphatic carbocycles. The van der Waals surface area contributed by atoms with E-state index in [0.29, 0.717) is 32.1 Å². The number of aromatic nitrogens is 3. The summed E-state index contributed by atoms with van der Waals surface area (Å²) >= 11 is 0. The molecule has 0 atom stereocenters. The number of pyridine rings is 1. The number of hydrogen-bond acceptors (Lipinski definition) is 5. The monoisotopic (exact) mass is 337 g/mol. The van der Waals surface area contributed by atoms with E-state index in [-0.39, 0.29) is 11.5 Å². The number of rotatable bonds is 2. The van der Waals surface area contributed by atoms with Gasteiger partial charge in [0.1, 0.15) is 5.69 Å². The predicted octanol–water partition coefficient (Wildman–Crippen LogP) is 1.85. The van der Waals surface area contributed by atoms with Crippen molar-refractivity contribution in [1.82, 2.24) is 19.9 Å². The zero-order valence-electron chi connectivity index (χ0n) is 12.6. The third-order valence-corrected chi connectivity index (χ3v) is 3.70. The maximum absolute atomic E-state index is 12.5. The summed E-state index contributed by atoms with van der Waals surface area (Å²) in [4.78, 5) is 27.5. The number of carbonyl (C=O) groups excluding carboxylic acids is 1. The first kappa shape index (κ1) is 16.2. The number of anilines is 1. The molecular formula is C15H14F3N5O. The van der Waals surface area contributed by atoms with Gasteiger partial charge in [0.2, 0.25) is 5.95 Å². The van der Waals surface area contributed by atoms with Crippen LogP contribution in [0.4, 0.5) is 19.1 Å². The minimum absolute atomic E-state index is 0.146. The highest BCUT2D eigenvalue weighted by Gasteiger charge is 2.32. The topological polar surface area (TPSA) is 62.2 Å². The van der Waals surface area contributed by atoms with Crippen LogP contribution in [-0.2, 0) is 6.18 Å². The number of piperazine rings is 1. The fourth-order valence-electron chi connectivity index (χ4n) is 2.43. The molecule has 24 heavy (non-hydrogen) atoms. The minimum atomic E-state index is -4.51. The second-order valence-electron chi connectivity index (χ2n) is 5.26. The summed E-state index contributed by atoms with van der Waals surface area (Å²) in [6, 6.07) is 3.70. The molecule has 0 bridgehead atoms. The molecule has 0 saturated carbocycles. The number of halogens is 3. The summed E-state index contributed by atoms with van der Waals surface area (Å²) in [5.41, 5.74) is -0.863. The largest absolute Gasteiger partial charge is 0.433 e. The van der Waals surface area contributed by atoms with Gasteiger partial charge >= 0.3 is 6.18 Å². The molecule has 0 spiro atoms. The Morgan fingerprint density at radius 1 is 1.00 bits per heavy atom. The van der Waals surface area contributed by atoms with Gasteiger partial charge in [0.25, 0.3) is 5.91 Å². The van der Waals surface area contributed by atoms with Crippen LogP contribution in [-0.4, -0.2) is 51.9 Å². The van der Waals surface area contributed by atoms with Crippen molar-refractivity contribution in [2.45, 2.75) is 6.18 Å². The van der Waals surface area contributed by atoms with Gasteiger partial charge in [0.05, 0.1) is 5.56 Å². The Labute approximate surface area is 136 Å². The van der Waals surface area contributed by atoms with Crippen molar-refractivity contribution in [2.75, 3.05) is 31.1 Å². The molecule has 0 aromatic carbocycles. The van der Waals surface area contributed by atoms with Crippen LogP contribution in [0.1, 0.15) is 16.1 Å². The zero-order chi connectivity index (χ0) is 17.2. The SMILES string of the molecule is O=C(c1ccc(C(F)(F)F)nc1)N1CCN(c2ncccn2)CC1. The van der Waals surface area contributed by atoms with Crippen molar-refractivity contribution in [3.63, 3.8) is 0 Å². The Hall–Kier alpha value is -2.71. The van der Waals surface area contributed by atoms with Crippen molar-refractivity contribution in [1.29, 1.82) is 0 Å². The molecule has 1 fully saturated rings. The fraction of sp³-hybridized carbons (Fsp3) is 0.333. The van der Waals surface area contributed by atoms with Gasteiger partial charge in [-0.05, 0) is 18.2 Å². The molecular weight excluding hydrogens is 323 g/mol. The van der Waals surface area contributed by atoms with Gasteiger partial charge in [-0.15, -0.1) is 0 Å². The molecule has 1 aliphatic rings. The van der Waals surface area contributed by atoms with E-state index in [1.165, 1.54) is 0 Å². The lowest BCUT2D eigenvalue weighted by Gasteiger charge is -2.34. The van der Waals surface area contributed by atoms with Gasteiger partial charge in [-0.25, -0.2) is 9.97 Å². The standard InChI is InChI=1S/C15H14F3N5O/c16-15(17,18)12-3-2-11(10-21-12)13(24)22-6-8-23(9-7-22)14-19-4-1-5-20-14/h1-5,10H,6-9H2. The lowest BCUT2D eigenvalue weighted by molar-refractivity contribution is -0.141. The van der Waals surface area contributed by atoms with E-state index in [1.54, 1.807) is 23.4 Å². The van der Waals surface area contributed by atoms with Crippen LogP contribution in [0, 0.1) is 0 Å². The summed E-state index contributed by atoms with van der Waals surface area (Å²) in [6.45, 7) is 2.00. The van der Waals surface area contributed by atoms with Gasteiger partial charge in [0, 0.05) is 44.8 Å². The molecule has 6 nitrogen and oxygen atoms in total. The van der Waals surface area contributed by atoms with Crippen molar-refractivity contribution in [3.05, 3.63) is 48.0 Å². The Morgan fingerprint density at radius 2 is 1.67 bits per heavy atom. The van der Waals surface area contributed by atoms with Gasteiger partial charge in [-0.1, -0.05) is 0 Å². The molecule has 3 rings (SSSR count). The minimum Gasteiger partial charge on any atom is -0.337 e. The van der Waals surface area contributed by atoms with E-state index in [1.807, 2.05) is 4.90 Å². The molecule has 1 amide bonds. The summed E-state index contributed by atoms with van der Waals surface area (Å²) in [5, 5.41) is 0. The quantitative estimate of drug-likeness (QED) is 0.837. The third-order valence-electron chi connectivity index (χ3n) is 3.70. The van der Waals surface area contributed by atoms with Crippen LogP contribution >= 0.6 is 0 Å². The molecule has 2 aromatic heterocycles. The Morgan fingerprint density at radius 3 is 2.21 bits per heavy atom. The van der Waals surface area contributed by atoms with E-state index in [0.717, 1.165) is 18.3 Å². The highest BCUT2D eigenvalue weighted by molar-refractivity contribution is 5.94. The molecule has 9 heteroatoms. The lowest BCUT2D eigenvalue weighted by atomic mass is 10.2. The Balaban J connectivity index is 1.63. The van der Waals surface area contributed by atoms with Gasteiger partial charge < -0.3 is 9.80 Å². The molecule has 0 N–H and O–H groups in total. The molecule has 1 aliphatic heterocycles. The van der Waals surface area contributed by atoms with Crippen LogP contribution in [0.3, 0.4) is 0 Å². The summed E-state index contributed by atoms with van der Waals surface area (Å²) in [7, 11) is 0. The normalized spacial score (nSPS) is 15.5. The van der Waals surface area contributed by atoms with Crippen molar-refractivity contribution < 1.29 is 18.0 Å². The molecule has 0 unspecified atom stereocenters. The van der Waals surface area contributed by atoms with Gasteiger partial charge in [0.15, 0.2) is 0 Å². The van der Waals surface area contributed by atoms with E-state index >= 15 is 0 Å². The van der Waals surface area contributed by atoms with E-state index in [9.17, 15) is 18.0 Å². The smallest absolute Gasteiger partial charge is 0.337 e. The Kier molecular flexibility index (Phi) is 4.32. The molecule has 1 saturated heterocycles. The van der Waals surface area contributed by atoms with Crippen LogP contribution < -0.4 is 4.90 Å². The van der Waals surface area contributed by atoms with Crippen molar-refractivity contribution in [3.8, 4) is 0 Å². The average Bonchev–Trinajstić information content (AvgIpc) is 2.61. The number of hydrogen-bond donors (Lipinski definition) is 0. The maximum Gasteiger partial charge on any atom is 0.433 e. The van der Waals surface area contributed by atoms with Crippen molar-refractivity contribution in [2.24, 2.45) is 0 Å². The summed E-state index contributed by atoms with van der Waals surface area (Å²) in [6.07, 6.45) is -0.248. The zero-order valence-corrected chi connectivity index (χ0v) is 12.6. The van der Waals surface area contributed by atoms with Crippen molar-refractivity contribution >= 4 is 11.9 Å². The van der Waals surface area contributed by atoms with E-state index < -0.39 is 11.9 Å². The molecule has 0 radical (unpaired) electrons. The molecule has 126 valence electrons. The third kappa shape index (κ3) is 3.44. The number of carbonyl (C=O) groups is 1. The number of amides is 1. The first-order valence-electron chi connectivity index (χ1n) is 7.29. The number of nitrogens with zero attached hydrogens (tertiary/aromatic N) is 5. The van der Waals surface area contributed by atoms with Crippen LogP contribution in [0.5, 0.6) is 0 Å². The predicted molar refractivity (Wildman–Crippen MR) is 79.4 cm³/mol. The van der Waals surface area contributed by atoms with Crippen LogP contribution in [0.2, 0.25) is 0 Å². The number of alkyl halides is 3. The lowest BCUT2D eigenvalue weighted by Crippen LogP contribution is -2.49. The molecule has 2 aromatic rings. The average molecular weight is 337 g/mol. The summed E-state index contributed by atoms with van der Waals surface area (Å²) in [5.74, 6) is 0.269. The van der Waals surface area contributed by atoms with E-state index in [2.05, 4.69) is 15.0 Å². The highest BCUT2D eigenvalue weighted by Crippen LogP contribution is 2.27. The van der Waals surface area contributed by atoms with Crippen LogP contribution in [0.25, 0.3) is 0 Å². The second kappa shape index (κ2) is 6.42. The Bertz CT molecular complexity index is 697. The van der Waals surface area contributed by atoms with Crippen LogP contribution in [0.15, 0.2) is 36.8 Å². The fourth-order valence-corrected chi connectivity index (χ4v) is 2.43. The second-order valence-corrected chi connectivity index (χ2v) is 5.26.